The summed E-state index contributed by atoms with van der Waals surface area (Å²) in [5.74, 6) is 0. The van der Waals surface area contributed by atoms with Gasteiger partial charge in [-0.15, -0.1) is 11.3 Å². The van der Waals surface area contributed by atoms with E-state index < -0.39 is 0 Å². The third kappa shape index (κ3) is 3.15. The number of nitrogens with one attached hydrogen (secondary N) is 1. The molecule has 2 aromatic heterocycles. The van der Waals surface area contributed by atoms with Gasteiger partial charge in [-0.3, -0.25) is 13.9 Å². The minimum Gasteiger partial charge on any atom is -0.383 e. The minimum atomic E-state index is -0.372. The van der Waals surface area contributed by atoms with Crippen LogP contribution in [-0.2, 0) is 23.4 Å². The Morgan fingerprint density at radius 3 is 2.65 bits per heavy atom. The fourth-order valence-corrected chi connectivity index (χ4v) is 4.92. The lowest BCUT2D eigenvalue weighted by atomic mass is 9.78. The van der Waals surface area contributed by atoms with E-state index in [4.69, 9.17) is 10.5 Å². The molecule has 0 saturated heterocycles. The first kappa shape index (κ1) is 19.3. The van der Waals surface area contributed by atoms with Crippen LogP contribution in [0, 0.1) is 6.92 Å². The molecule has 1 aliphatic rings. The second-order valence-corrected chi connectivity index (χ2v) is 8.30. The molecule has 0 aliphatic heterocycles. The Hall–Kier alpha value is -1.48. The summed E-state index contributed by atoms with van der Waals surface area (Å²) in [5, 5.41) is 3.95. The van der Waals surface area contributed by atoms with Crippen molar-refractivity contribution in [1.82, 2.24) is 14.5 Å². The first-order valence-electron chi connectivity index (χ1n) is 9.12. The van der Waals surface area contributed by atoms with Crippen LogP contribution in [0.25, 0.3) is 10.2 Å². The second-order valence-electron chi connectivity index (χ2n) is 7.21. The highest BCUT2D eigenvalue weighted by Gasteiger charge is 2.37. The number of ether oxygens (including phenoxy) is 1. The lowest BCUT2D eigenvalue weighted by molar-refractivity contribution is 0.149. The van der Waals surface area contributed by atoms with Gasteiger partial charge in [-0.25, -0.2) is 4.79 Å². The Labute approximate surface area is 156 Å². The number of rotatable bonds is 8. The molecule has 7 nitrogen and oxygen atoms in total. The van der Waals surface area contributed by atoms with Crippen molar-refractivity contribution in [2.24, 2.45) is 5.73 Å². The molecule has 1 saturated carbocycles. The third-order valence-electron chi connectivity index (χ3n) is 5.41. The van der Waals surface area contributed by atoms with Crippen LogP contribution in [0.15, 0.2) is 9.59 Å². The van der Waals surface area contributed by atoms with Gasteiger partial charge in [-0.05, 0) is 38.7 Å². The van der Waals surface area contributed by atoms with Gasteiger partial charge in [0.15, 0.2) is 0 Å². The van der Waals surface area contributed by atoms with Crippen molar-refractivity contribution in [1.29, 1.82) is 0 Å². The van der Waals surface area contributed by atoms with Crippen LogP contribution in [0.5, 0.6) is 0 Å². The first-order chi connectivity index (χ1) is 12.4. The summed E-state index contributed by atoms with van der Waals surface area (Å²) in [4.78, 5) is 28.3. The zero-order valence-corrected chi connectivity index (χ0v) is 16.6. The van der Waals surface area contributed by atoms with Gasteiger partial charge in [-0.2, -0.15) is 0 Å². The average Bonchev–Trinajstić information content (AvgIpc) is 2.90. The van der Waals surface area contributed by atoms with E-state index in [1.807, 2.05) is 13.8 Å². The Morgan fingerprint density at radius 1 is 1.35 bits per heavy atom. The summed E-state index contributed by atoms with van der Waals surface area (Å²) >= 11 is 1.52. The van der Waals surface area contributed by atoms with Crippen LogP contribution in [0.4, 0.5) is 0 Å². The molecule has 0 amide bonds. The van der Waals surface area contributed by atoms with E-state index in [2.05, 4.69) is 5.32 Å². The largest absolute Gasteiger partial charge is 0.383 e. The maximum absolute atomic E-state index is 13.3. The van der Waals surface area contributed by atoms with E-state index in [-0.39, 0.29) is 16.8 Å². The Kier molecular flexibility index (Phi) is 5.67. The second kappa shape index (κ2) is 7.64. The fraction of sp³-hybridized carbons (Fsp3) is 0.667. The molecule has 2 aromatic rings. The van der Waals surface area contributed by atoms with Crippen molar-refractivity contribution in [3.63, 3.8) is 0 Å². The Balaban J connectivity index is 2.22. The van der Waals surface area contributed by atoms with Crippen LogP contribution in [0.2, 0.25) is 0 Å². The summed E-state index contributed by atoms with van der Waals surface area (Å²) in [6.45, 7) is 6.78. The number of methoxy groups -OCH3 is 1. The number of fused-ring (bicyclic) bond motifs is 1. The van der Waals surface area contributed by atoms with Gasteiger partial charge in [0.25, 0.3) is 5.56 Å². The van der Waals surface area contributed by atoms with E-state index in [1.165, 1.54) is 15.9 Å². The van der Waals surface area contributed by atoms with Gasteiger partial charge in [-0.1, -0.05) is 0 Å². The summed E-state index contributed by atoms with van der Waals surface area (Å²) in [6, 6.07) is 0. The smallest absolute Gasteiger partial charge is 0.332 e. The molecule has 26 heavy (non-hydrogen) atoms. The minimum absolute atomic E-state index is 0.153. The number of nitrogens with two attached hydrogens (primary N) is 1. The predicted molar refractivity (Wildman–Crippen MR) is 105 cm³/mol. The van der Waals surface area contributed by atoms with Crippen LogP contribution in [-0.4, -0.2) is 35.9 Å². The van der Waals surface area contributed by atoms with Crippen molar-refractivity contribution in [2.45, 2.75) is 51.7 Å². The SMILES string of the molecule is COCCn1c(=O)n(C2(C)CCC2)c(=O)c2c(C)c(CNCCN)sc21. The van der Waals surface area contributed by atoms with Crippen molar-refractivity contribution in [3.8, 4) is 0 Å². The first-order valence-corrected chi connectivity index (χ1v) is 9.94. The Bertz CT molecular complexity index is 908. The molecule has 0 bridgehead atoms. The topological polar surface area (TPSA) is 91.3 Å². The van der Waals surface area contributed by atoms with E-state index in [0.29, 0.717) is 38.2 Å². The van der Waals surface area contributed by atoms with Gasteiger partial charge in [0.1, 0.15) is 4.83 Å². The van der Waals surface area contributed by atoms with E-state index in [1.54, 1.807) is 11.7 Å². The number of hydrogen-bond acceptors (Lipinski definition) is 6. The standard InChI is InChI=1S/C18H28N4O3S/c1-12-13(11-20-8-7-19)26-16-14(12)15(23)22(18(2)5-4-6-18)17(24)21(16)9-10-25-3/h20H,4-11,19H2,1-3H3. The van der Waals surface area contributed by atoms with E-state index >= 15 is 0 Å². The zero-order valence-electron chi connectivity index (χ0n) is 15.8. The highest BCUT2D eigenvalue weighted by atomic mass is 32.1. The Morgan fingerprint density at radius 2 is 2.08 bits per heavy atom. The highest BCUT2D eigenvalue weighted by molar-refractivity contribution is 7.18. The number of aryl methyl sites for hydroxylation is 1. The van der Waals surface area contributed by atoms with Gasteiger partial charge in [0.05, 0.1) is 18.5 Å². The molecule has 1 fully saturated rings. The summed E-state index contributed by atoms with van der Waals surface area (Å²) in [5.41, 5.74) is 5.76. The number of hydrogen-bond donors (Lipinski definition) is 2. The van der Waals surface area contributed by atoms with Crippen LogP contribution in [0.1, 0.15) is 36.6 Å². The van der Waals surface area contributed by atoms with Crippen molar-refractivity contribution >= 4 is 21.6 Å². The predicted octanol–water partition coefficient (Wildman–Crippen LogP) is 1.13. The molecule has 0 atom stereocenters. The molecule has 0 unspecified atom stereocenters. The summed E-state index contributed by atoms with van der Waals surface area (Å²) in [7, 11) is 1.62. The molecule has 1 aliphatic carbocycles. The lowest BCUT2D eigenvalue weighted by Crippen LogP contribution is -2.53. The molecular formula is C18H28N4O3S. The molecule has 0 spiro atoms. The van der Waals surface area contributed by atoms with Gasteiger partial charge in [0, 0.05) is 37.2 Å². The molecule has 144 valence electrons. The van der Waals surface area contributed by atoms with Crippen LogP contribution >= 0.6 is 11.3 Å². The van der Waals surface area contributed by atoms with Crippen molar-refractivity contribution < 1.29 is 4.74 Å². The maximum Gasteiger partial charge on any atom is 0.332 e. The number of nitrogens with zero attached hydrogens (tertiary/aromatic N) is 2. The monoisotopic (exact) mass is 380 g/mol. The quantitative estimate of drug-likeness (QED) is 0.670. The van der Waals surface area contributed by atoms with Gasteiger partial charge in [0.2, 0.25) is 0 Å². The number of thiophene rings is 1. The molecule has 8 heteroatoms. The summed E-state index contributed by atoms with van der Waals surface area (Å²) < 4.78 is 8.40. The van der Waals surface area contributed by atoms with Crippen LogP contribution in [0.3, 0.4) is 0 Å². The third-order valence-corrected chi connectivity index (χ3v) is 6.72. The zero-order chi connectivity index (χ0) is 18.9. The molecule has 2 heterocycles. The molecule has 0 radical (unpaired) electrons. The molecule has 0 aromatic carbocycles. The lowest BCUT2D eigenvalue weighted by Gasteiger charge is -2.39. The maximum atomic E-state index is 13.3. The van der Waals surface area contributed by atoms with E-state index in [0.717, 1.165) is 34.5 Å². The van der Waals surface area contributed by atoms with Crippen molar-refractivity contribution in [2.75, 3.05) is 26.8 Å². The van der Waals surface area contributed by atoms with Crippen molar-refractivity contribution in [3.05, 3.63) is 31.3 Å². The van der Waals surface area contributed by atoms with Gasteiger partial charge < -0.3 is 15.8 Å². The average molecular weight is 381 g/mol. The molecular weight excluding hydrogens is 352 g/mol. The number of aromatic nitrogens is 2. The van der Waals surface area contributed by atoms with Gasteiger partial charge >= 0.3 is 5.69 Å². The van der Waals surface area contributed by atoms with Crippen LogP contribution < -0.4 is 22.3 Å². The molecule has 3 N–H and O–H groups in total. The highest BCUT2D eigenvalue weighted by Crippen LogP contribution is 2.37. The fourth-order valence-electron chi connectivity index (χ4n) is 3.63. The van der Waals surface area contributed by atoms with E-state index in [9.17, 15) is 9.59 Å². The summed E-state index contributed by atoms with van der Waals surface area (Å²) in [6.07, 6.45) is 2.79. The normalized spacial score (nSPS) is 16.2. The molecule has 3 rings (SSSR count).